The largest absolute Gasteiger partial charge is 0.441 e. The molecule has 0 aliphatic rings. The molecule has 0 saturated heterocycles. The third-order valence-corrected chi connectivity index (χ3v) is 6.29. The number of esters is 1. The molecule has 0 aromatic heterocycles. The highest BCUT2D eigenvalue weighted by Crippen LogP contribution is 2.15. The molecule has 0 saturated carbocycles. The van der Waals surface area contributed by atoms with Crippen LogP contribution in [0.5, 0.6) is 0 Å². The van der Waals surface area contributed by atoms with Gasteiger partial charge < -0.3 is 18.7 Å². The van der Waals surface area contributed by atoms with Gasteiger partial charge in [-0.05, 0) is 45.8 Å². The first-order valence-electron chi connectivity index (χ1n) is 7.94. The summed E-state index contributed by atoms with van der Waals surface area (Å²) in [5, 5.41) is 12.9. The molecule has 2 atom stereocenters. The maximum absolute atomic E-state index is 11.3. The van der Waals surface area contributed by atoms with Gasteiger partial charge >= 0.3 is 14.5 Å². The number of hydrogen-bond donors (Lipinski definition) is 2. The van der Waals surface area contributed by atoms with Crippen molar-refractivity contribution >= 4 is 14.5 Å². The second kappa shape index (κ2) is 11.8. The van der Waals surface area contributed by atoms with Crippen molar-refractivity contribution in [3.63, 3.8) is 0 Å². The van der Waals surface area contributed by atoms with Gasteiger partial charge in [-0.2, -0.15) is 0 Å². The lowest BCUT2D eigenvalue weighted by molar-refractivity contribution is -0.151. The summed E-state index contributed by atoms with van der Waals surface area (Å²) in [6.45, 7) is 13.1. The molecule has 130 valence electrons. The molecule has 2 unspecified atom stereocenters. The van der Waals surface area contributed by atoms with Crippen molar-refractivity contribution in [2.45, 2.75) is 58.5 Å². The zero-order valence-corrected chi connectivity index (χ0v) is 15.3. The molecule has 0 aromatic carbocycles. The number of nitrogens with one attached hydrogen (secondary N) is 1. The Morgan fingerprint density at radius 2 is 1.91 bits per heavy atom. The minimum atomic E-state index is -2.12. The lowest BCUT2D eigenvalue weighted by Crippen LogP contribution is -2.44. The maximum atomic E-state index is 11.3. The molecule has 7 heteroatoms. The van der Waals surface area contributed by atoms with Gasteiger partial charge in [-0.1, -0.05) is 13.5 Å². The summed E-state index contributed by atoms with van der Waals surface area (Å²) >= 11 is 0. The van der Waals surface area contributed by atoms with Gasteiger partial charge in [0.05, 0.1) is 0 Å². The van der Waals surface area contributed by atoms with E-state index in [-0.39, 0.29) is 0 Å². The van der Waals surface area contributed by atoms with E-state index in [0.29, 0.717) is 26.2 Å². The maximum Gasteiger partial charge on any atom is 0.334 e. The van der Waals surface area contributed by atoms with Gasteiger partial charge in [-0.15, -0.1) is 0 Å². The van der Waals surface area contributed by atoms with Crippen LogP contribution in [0.2, 0.25) is 12.6 Å². The summed E-state index contributed by atoms with van der Waals surface area (Å²) in [6, 6.07) is 0.839. The topological polar surface area (TPSA) is 77.0 Å². The Bertz CT molecular complexity index is 321. The molecule has 0 fully saturated rings. The van der Waals surface area contributed by atoms with E-state index in [1.807, 2.05) is 20.8 Å². The average Bonchev–Trinajstić information content (AvgIpc) is 2.49. The van der Waals surface area contributed by atoms with E-state index >= 15 is 0 Å². The molecule has 2 N–H and O–H groups in total. The van der Waals surface area contributed by atoms with Crippen LogP contribution in [0.15, 0.2) is 12.7 Å². The van der Waals surface area contributed by atoms with Crippen LogP contribution in [0.25, 0.3) is 0 Å². The summed E-state index contributed by atoms with van der Waals surface area (Å²) in [4.78, 5) is 11.3. The van der Waals surface area contributed by atoms with E-state index in [4.69, 9.17) is 13.6 Å². The van der Waals surface area contributed by atoms with Crippen LogP contribution in [-0.2, 0) is 18.4 Å². The molecule has 0 radical (unpaired) electrons. The minimum Gasteiger partial charge on any atom is -0.441 e. The normalized spacial score (nSPS) is 14.4. The first kappa shape index (κ1) is 21.3. The fourth-order valence-electron chi connectivity index (χ4n) is 2.09. The van der Waals surface area contributed by atoms with E-state index in [0.717, 1.165) is 18.5 Å². The number of carbonyl (C=O) groups is 1. The molecule has 0 rings (SSSR count). The summed E-state index contributed by atoms with van der Waals surface area (Å²) in [6.07, 6.45) is 0.938. The van der Waals surface area contributed by atoms with E-state index in [2.05, 4.69) is 18.4 Å². The molecule has 0 aliphatic heterocycles. The number of ether oxygens (including phenoxy) is 1. The van der Waals surface area contributed by atoms with Crippen molar-refractivity contribution in [2.75, 3.05) is 19.8 Å². The second-order valence-electron chi connectivity index (χ2n) is 5.09. The number of rotatable bonds is 13. The van der Waals surface area contributed by atoms with Gasteiger partial charge in [0, 0.05) is 19.3 Å². The van der Waals surface area contributed by atoms with Gasteiger partial charge in [0.15, 0.2) is 6.23 Å². The van der Waals surface area contributed by atoms with Crippen molar-refractivity contribution in [2.24, 2.45) is 0 Å². The van der Waals surface area contributed by atoms with Gasteiger partial charge in [-0.25, -0.2) is 4.79 Å². The second-order valence-corrected chi connectivity index (χ2v) is 8.44. The van der Waals surface area contributed by atoms with Crippen molar-refractivity contribution in [3.05, 3.63) is 12.7 Å². The van der Waals surface area contributed by atoms with Crippen LogP contribution in [-0.4, -0.2) is 51.7 Å². The molecule has 0 spiro atoms. The first-order valence-corrected chi connectivity index (χ1v) is 10.5. The molecule has 0 bridgehead atoms. The van der Waals surface area contributed by atoms with Crippen LogP contribution >= 0.6 is 0 Å². The van der Waals surface area contributed by atoms with Crippen molar-refractivity contribution in [1.82, 2.24) is 5.32 Å². The van der Waals surface area contributed by atoms with Gasteiger partial charge in [-0.3, -0.25) is 5.32 Å². The van der Waals surface area contributed by atoms with Crippen molar-refractivity contribution in [1.29, 1.82) is 0 Å². The lowest BCUT2D eigenvalue weighted by Gasteiger charge is -2.27. The standard InChI is InChI=1S/C15H31NO5Si/c1-6-13(17)15(21-14(18)7-2)16-11-10-12-22(5,19-8-3)20-9-4/h7,13,15-17H,2,6,8-12H2,1,3-5H3. The molecular formula is C15H31NO5Si. The van der Waals surface area contributed by atoms with Crippen molar-refractivity contribution in [3.8, 4) is 0 Å². The highest BCUT2D eigenvalue weighted by atomic mass is 28.4. The quantitative estimate of drug-likeness (QED) is 0.176. The smallest absolute Gasteiger partial charge is 0.334 e. The predicted molar refractivity (Wildman–Crippen MR) is 88.7 cm³/mol. The Labute approximate surface area is 135 Å². The fourth-order valence-corrected chi connectivity index (χ4v) is 4.51. The van der Waals surface area contributed by atoms with E-state index in [9.17, 15) is 9.90 Å². The number of aliphatic hydroxyl groups excluding tert-OH is 1. The first-order chi connectivity index (χ1) is 10.4. The van der Waals surface area contributed by atoms with E-state index < -0.39 is 26.9 Å². The summed E-state index contributed by atoms with van der Waals surface area (Å²) < 4.78 is 16.6. The molecule has 6 nitrogen and oxygen atoms in total. The lowest BCUT2D eigenvalue weighted by atomic mass is 10.2. The van der Waals surface area contributed by atoms with E-state index in [1.54, 1.807) is 0 Å². The average molecular weight is 334 g/mol. The summed E-state index contributed by atoms with van der Waals surface area (Å²) in [5.74, 6) is -0.548. The molecule has 0 amide bonds. The Kier molecular flexibility index (Phi) is 11.4. The third-order valence-electron chi connectivity index (χ3n) is 3.23. The zero-order chi connectivity index (χ0) is 17.0. The summed E-state index contributed by atoms with van der Waals surface area (Å²) in [5.41, 5.74) is 0. The molecular weight excluding hydrogens is 302 g/mol. The highest BCUT2D eigenvalue weighted by Gasteiger charge is 2.30. The molecule has 22 heavy (non-hydrogen) atoms. The Hall–Kier alpha value is -0.733. The number of hydrogen-bond acceptors (Lipinski definition) is 6. The van der Waals surface area contributed by atoms with Gasteiger partial charge in [0.2, 0.25) is 0 Å². The highest BCUT2D eigenvalue weighted by molar-refractivity contribution is 6.66. The third kappa shape index (κ3) is 8.65. The number of aliphatic hydroxyl groups is 1. The van der Waals surface area contributed by atoms with Crippen molar-refractivity contribution < 1.29 is 23.5 Å². The van der Waals surface area contributed by atoms with Gasteiger partial charge in [0.1, 0.15) is 6.10 Å². The van der Waals surface area contributed by atoms with Crippen LogP contribution in [0.1, 0.15) is 33.6 Å². The van der Waals surface area contributed by atoms with Crippen LogP contribution in [0, 0.1) is 0 Å². The monoisotopic (exact) mass is 333 g/mol. The Morgan fingerprint density at radius 3 is 2.36 bits per heavy atom. The predicted octanol–water partition coefficient (Wildman–Crippen LogP) is 1.94. The minimum absolute atomic E-state index is 0.493. The molecule has 0 aromatic rings. The van der Waals surface area contributed by atoms with E-state index in [1.165, 1.54) is 0 Å². The zero-order valence-electron chi connectivity index (χ0n) is 14.3. The van der Waals surface area contributed by atoms with Crippen LogP contribution in [0.3, 0.4) is 0 Å². The molecule has 0 heterocycles. The summed E-state index contributed by atoms with van der Waals surface area (Å²) in [7, 11) is -2.12. The fraction of sp³-hybridized carbons (Fsp3) is 0.800. The van der Waals surface area contributed by atoms with Gasteiger partial charge in [0.25, 0.3) is 0 Å². The van der Waals surface area contributed by atoms with Crippen LogP contribution < -0.4 is 5.32 Å². The molecule has 0 aliphatic carbocycles. The van der Waals surface area contributed by atoms with Crippen LogP contribution in [0.4, 0.5) is 0 Å². The number of carbonyl (C=O) groups excluding carboxylic acids is 1. The Morgan fingerprint density at radius 1 is 1.32 bits per heavy atom. The Balaban J connectivity index is 4.30. The SMILES string of the molecule is C=CC(=O)OC(NCCC[Si](C)(OCC)OCC)C(O)CC.